The molecule has 0 aromatic rings. The molecule has 1 fully saturated rings. The van der Waals surface area contributed by atoms with Crippen LogP contribution >= 0.6 is 0 Å². The maximum Gasteiger partial charge on any atom is 0.193 e. The van der Waals surface area contributed by atoms with Crippen molar-refractivity contribution in [1.29, 1.82) is 0 Å². The van der Waals surface area contributed by atoms with Gasteiger partial charge < -0.3 is 4.74 Å². The molecule has 3 nitrogen and oxygen atoms in total. The van der Waals surface area contributed by atoms with Crippen LogP contribution in [0.4, 0.5) is 0 Å². The third-order valence-corrected chi connectivity index (χ3v) is 0.861. The third-order valence-electron chi connectivity index (χ3n) is 0.861. The van der Waals surface area contributed by atoms with Crippen LogP contribution in [0.5, 0.6) is 0 Å². The molecule has 0 radical (unpaired) electrons. The van der Waals surface area contributed by atoms with Crippen molar-refractivity contribution >= 4 is 0 Å². The molecule has 3 heteroatoms. The maximum atomic E-state index is 4.82. The van der Waals surface area contributed by atoms with E-state index in [1.807, 2.05) is 0 Å². The predicted molar refractivity (Wildman–Crippen MR) is 22.5 cm³/mol. The lowest BCUT2D eigenvalue weighted by Gasteiger charge is -2.23. The fourth-order valence-corrected chi connectivity index (χ4v) is 0.397. The molecular weight excluding hydrogens is 96.0 g/mol. The van der Waals surface area contributed by atoms with Crippen molar-refractivity contribution in [2.24, 2.45) is 0 Å². The molecule has 0 saturated carbocycles. The normalized spacial score (nSPS) is 29.6. The summed E-state index contributed by atoms with van der Waals surface area (Å²) in [4.78, 5) is 8.88. The number of rotatable bonds is 2. The first kappa shape index (κ1) is 5.03. The van der Waals surface area contributed by atoms with Gasteiger partial charge in [0.2, 0.25) is 0 Å². The van der Waals surface area contributed by atoms with Crippen molar-refractivity contribution in [3.05, 3.63) is 0 Å². The summed E-state index contributed by atoms with van der Waals surface area (Å²) in [5.41, 5.74) is 0. The van der Waals surface area contributed by atoms with Crippen molar-refractivity contribution in [3.8, 4) is 0 Å². The van der Waals surface area contributed by atoms with Gasteiger partial charge in [0.1, 0.15) is 0 Å². The van der Waals surface area contributed by atoms with Gasteiger partial charge in [0.05, 0.1) is 13.7 Å². The zero-order valence-corrected chi connectivity index (χ0v) is 4.22. The van der Waals surface area contributed by atoms with Crippen LogP contribution in [0.15, 0.2) is 0 Å². The summed E-state index contributed by atoms with van der Waals surface area (Å²) in [6, 6.07) is 0. The van der Waals surface area contributed by atoms with Crippen LogP contribution in [0.25, 0.3) is 0 Å². The van der Waals surface area contributed by atoms with Crippen LogP contribution in [0, 0.1) is 0 Å². The van der Waals surface area contributed by atoms with Gasteiger partial charge in [0.25, 0.3) is 0 Å². The quantitative estimate of drug-likeness (QED) is 0.373. The van der Waals surface area contributed by atoms with Gasteiger partial charge in [-0.3, -0.25) is 0 Å². The fraction of sp³-hybridized carbons (Fsp3) is 1.00. The third kappa shape index (κ3) is 1.12. The van der Waals surface area contributed by atoms with E-state index in [0.29, 0.717) is 0 Å². The standard InChI is InChI=1S/C4H8O3/c1-5-7-4-2-3-6-4/h4H,2-3H2,1H3. The van der Waals surface area contributed by atoms with Gasteiger partial charge in [-0.1, -0.05) is 0 Å². The van der Waals surface area contributed by atoms with Crippen LogP contribution in [0.3, 0.4) is 0 Å². The summed E-state index contributed by atoms with van der Waals surface area (Å²) in [5, 5.41) is 0. The monoisotopic (exact) mass is 104 g/mol. The summed E-state index contributed by atoms with van der Waals surface area (Å²) >= 11 is 0. The molecular formula is C4H8O3. The molecule has 0 amide bonds. The fourth-order valence-electron chi connectivity index (χ4n) is 0.397. The zero-order chi connectivity index (χ0) is 5.11. The Morgan fingerprint density at radius 1 is 1.71 bits per heavy atom. The Kier molecular flexibility index (Phi) is 1.62. The lowest BCUT2D eigenvalue weighted by Crippen LogP contribution is -2.28. The molecule has 1 aliphatic heterocycles. The average Bonchev–Trinajstić information content (AvgIpc) is 1.55. The minimum atomic E-state index is -0.0926. The second-order valence-electron chi connectivity index (χ2n) is 1.35. The van der Waals surface area contributed by atoms with E-state index in [-0.39, 0.29) is 6.29 Å². The van der Waals surface area contributed by atoms with Crippen molar-refractivity contribution < 1.29 is 14.5 Å². The molecule has 0 spiro atoms. The number of hydrogen-bond acceptors (Lipinski definition) is 3. The molecule has 0 N–H and O–H groups in total. The van der Waals surface area contributed by atoms with Gasteiger partial charge in [-0.05, 0) is 0 Å². The lowest BCUT2D eigenvalue weighted by atomic mass is 10.4. The average molecular weight is 104 g/mol. The van der Waals surface area contributed by atoms with Gasteiger partial charge >= 0.3 is 0 Å². The second kappa shape index (κ2) is 2.26. The molecule has 1 unspecified atom stereocenters. The van der Waals surface area contributed by atoms with E-state index in [2.05, 4.69) is 9.78 Å². The van der Waals surface area contributed by atoms with Crippen molar-refractivity contribution in [2.75, 3.05) is 13.7 Å². The Labute approximate surface area is 42.1 Å². The summed E-state index contributed by atoms with van der Waals surface area (Å²) in [7, 11) is 1.47. The van der Waals surface area contributed by atoms with Crippen LogP contribution in [0.2, 0.25) is 0 Å². The maximum absolute atomic E-state index is 4.82. The smallest absolute Gasteiger partial charge is 0.193 e. The van der Waals surface area contributed by atoms with Crippen LogP contribution in [-0.2, 0) is 14.5 Å². The molecule has 1 aliphatic rings. The molecule has 0 aromatic heterocycles. The van der Waals surface area contributed by atoms with Crippen molar-refractivity contribution in [3.63, 3.8) is 0 Å². The minimum absolute atomic E-state index is 0.0926. The summed E-state index contributed by atoms with van der Waals surface area (Å²) < 4.78 is 4.82. The Bertz CT molecular complexity index is 50.9. The highest BCUT2D eigenvalue weighted by Crippen LogP contribution is 2.10. The lowest BCUT2D eigenvalue weighted by molar-refractivity contribution is -0.394. The van der Waals surface area contributed by atoms with Gasteiger partial charge in [-0.2, -0.15) is 0 Å². The van der Waals surface area contributed by atoms with E-state index in [4.69, 9.17) is 4.74 Å². The highest BCUT2D eigenvalue weighted by atomic mass is 17.2. The van der Waals surface area contributed by atoms with E-state index in [1.165, 1.54) is 7.11 Å². The minimum Gasteiger partial charge on any atom is -0.349 e. The molecule has 1 heterocycles. The molecule has 1 rings (SSSR count). The van der Waals surface area contributed by atoms with E-state index in [0.717, 1.165) is 13.0 Å². The Morgan fingerprint density at radius 2 is 2.43 bits per heavy atom. The molecule has 0 bridgehead atoms. The highest BCUT2D eigenvalue weighted by Gasteiger charge is 2.18. The van der Waals surface area contributed by atoms with E-state index < -0.39 is 0 Å². The van der Waals surface area contributed by atoms with Crippen molar-refractivity contribution in [1.82, 2.24) is 0 Å². The first-order valence-corrected chi connectivity index (χ1v) is 2.24. The molecule has 42 valence electrons. The van der Waals surface area contributed by atoms with Crippen LogP contribution < -0.4 is 0 Å². The van der Waals surface area contributed by atoms with E-state index in [9.17, 15) is 0 Å². The highest BCUT2D eigenvalue weighted by molar-refractivity contribution is 4.51. The second-order valence-corrected chi connectivity index (χ2v) is 1.35. The molecule has 0 aliphatic carbocycles. The van der Waals surface area contributed by atoms with E-state index in [1.54, 1.807) is 0 Å². The van der Waals surface area contributed by atoms with Gasteiger partial charge in [0, 0.05) is 6.42 Å². The largest absolute Gasteiger partial charge is 0.349 e. The Balaban J connectivity index is 1.93. The summed E-state index contributed by atoms with van der Waals surface area (Å²) in [5.74, 6) is 0. The topological polar surface area (TPSA) is 27.7 Å². The van der Waals surface area contributed by atoms with Gasteiger partial charge in [-0.15, -0.1) is 0 Å². The molecule has 1 atom stereocenters. The van der Waals surface area contributed by atoms with Crippen LogP contribution in [0.1, 0.15) is 6.42 Å². The number of hydrogen-bond donors (Lipinski definition) is 0. The first-order chi connectivity index (χ1) is 3.43. The summed E-state index contributed by atoms with van der Waals surface area (Å²) in [6.45, 7) is 0.800. The first-order valence-electron chi connectivity index (χ1n) is 2.24. The zero-order valence-electron chi connectivity index (χ0n) is 4.22. The molecule has 7 heavy (non-hydrogen) atoms. The van der Waals surface area contributed by atoms with Gasteiger partial charge in [0.15, 0.2) is 6.29 Å². The Morgan fingerprint density at radius 3 is 2.57 bits per heavy atom. The van der Waals surface area contributed by atoms with Crippen molar-refractivity contribution in [2.45, 2.75) is 12.7 Å². The van der Waals surface area contributed by atoms with E-state index >= 15 is 0 Å². The molecule has 0 aromatic carbocycles. The Hall–Kier alpha value is -0.120. The van der Waals surface area contributed by atoms with Crippen LogP contribution in [-0.4, -0.2) is 20.0 Å². The number of ether oxygens (including phenoxy) is 1. The predicted octanol–water partition coefficient (Wildman–Crippen LogP) is 0.311. The summed E-state index contributed by atoms with van der Waals surface area (Å²) in [6.07, 6.45) is 0.860. The SMILES string of the molecule is COOC1CCO1. The van der Waals surface area contributed by atoms with Gasteiger partial charge in [-0.25, -0.2) is 9.78 Å². The molecule has 1 saturated heterocycles.